The lowest BCUT2D eigenvalue weighted by atomic mass is 9.46. The molecule has 2 heteroatoms. The van der Waals surface area contributed by atoms with Crippen LogP contribution in [-0.2, 0) is 4.79 Å². The zero-order valence-electron chi connectivity index (χ0n) is 14.4. The molecular weight excluding hydrogens is 272 g/mol. The summed E-state index contributed by atoms with van der Waals surface area (Å²) in [6, 6.07) is 0. The normalized spacial score (nSPS) is 41.3. The first kappa shape index (κ1) is 15.8. The largest absolute Gasteiger partial charge is 0.550 e. The number of fused-ring (bicyclic) bond motifs is 3. The van der Waals surface area contributed by atoms with Gasteiger partial charge in [0.1, 0.15) is 0 Å². The molecule has 2 saturated carbocycles. The van der Waals surface area contributed by atoms with Gasteiger partial charge in [0.2, 0.25) is 0 Å². The smallest absolute Gasteiger partial charge is 0.0476 e. The van der Waals surface area contributed by atoms with E-state index >= 15 is 0 Å². The molecule has 122 valence electrons. The monoisotopic (exact) mass is 301 g/mol. The van der Waals surface area contributed by atoms with Gasteiger partial charge in [-0.05, 0) is 60.8 Å². The van der Waals surface area contributed by atoms with Crippen LogP contribution in [0.1, 0.15) is 66.2 Å². The van der Waals surface area contributed by atoms with Crippen LogP contribution < -0.4 is 5.11 Å². The fourth-order valence-corrected chi connectivity index (χ4v) is 5.65. The van der Waals surface area contributed by atoms with Crippen molar-refractivity contribution in [1.82, 2.24) is 0 Å². The van der Waals surface area contributed by atoms with Gasteiger partial charge in [0.05, 0.1) is 0 Å². The molecular formula is C20H29O2-. The van der Waals surface area contributed by atoms with Crippen molar-refractivity contribution < 1.29 is 9.90 Å². The molecule has 3 rings (SSSR count). The highest BCUT2D eigenvalue weighted by Crippen LogP contribution is 2.62. The minimum atomic E-state index is -0.829. The van der Waals surface area contributed by atoms with Crippen LogP contribution in [0.15, 0.2) is 23.3 Å². The topological polar surface area (TPSA) is 40.1 Å². The molecule has 2 nitrogen and oxygen atoms in total. The van der Waals surface area contributed by atoms with Crippen LogP contribution in [0, 0.1) is 28.6 Å². The van der Waals surface area contributed by atoms with Gasteiger partial charge in [-0.25, -0.2) is 0 Å². The molecule has 3 aliphatic rings. The van der Waals surface area contributed by atoms with Crippen LogP contribution in [0.5, 0.6) is 0 Å². The van der Waals surface area contributed by atoms with Gasteiger partial charge in [0.15, 0.2) is 0 Å². The Kier molecular flexibility index (Phi) is 3.78. The van der Waals surface area contributed by atoms with E-state index in [0.717, 1.165) is 38.5 Å². The van der Waals surface area contributed by atoms with Gasteiger partial charge >= 0.3 is 0 Å². The summed E-state index contributed by atoms with van der Waals surface area (Å²) in [6.07, 6.45) is 11.0. The molecule has 0 aliphatic heterocycles. The minimum absolute atomic E-state index is 0.121. The molecule has 2 fully saturated rings. The van der Waals surface area contributed by atoms with Crippen molar-refractivity contribution >= 4 is 5.97 Å². The molecule has 0 bridgehead atoms. The molecule has 0 amide bonds. The highest BCUT2D eigenvalue weighted by atomic mass is 16.4. The molecule has 0 N–H and O–H groups in total. The number of carbonyl (C=O) groups excluding carboxylic acids is 1. The molecule has 3 aliphatic carbocycles. The average molecular weight is 301 g/mol. The second-order valence-electron chi connectivity index (χ2n) is 8.52. The van der Waals surface area contributed by atoms with Crippen LogP contribution in [0.3, 0.4) is 0 Å². The van der Waals surface area contributed by atoms with E-state index in [0.29, 0.717) is 11.8 Å². The van der Waals surface area contributed by atoms with Crippen LogP contribution in [0.2, 0.25) is 0 Å². The summed E-state index contributed by atoms with van der Waals surface area (Å²) in [4.78, 5) is 11.8. The summed E-state index contributed by atoms with van der Waals surface area (Å²) in [7, 11) is 0. The van der Waals surface area contributed by atoms with Crippen molar-refractivity contribution in [2.45, 2.75) is 66.2 Å². The van der Waals surface area contributed by atoms with Crippen molar-refractivity contribution in [2.24, 2.45) is 28.6 Å². The van der Waals surface area contributed by atoms with E-state index in [4.69, 9.17) is 0 Å². The number of aliphatic carboxylic acids is 1. The fraction of sp³-hybridized carbons (Fsp3) is 0.750. The number of hydrogen-bond donors (Lipinski definition) is 0. The van der Waals surface area contributed by atoms with Gasteiger partial charge in [0.25, 0.3) is 0 Å². The lowest BCUT2D eigenvalue weighted by Gasteiger charge is -2.59. The quantitative estimate of drug-likeness (QED) is 0.776. The van der Waals surface area contributed by atoms with Crippen molar-refractivity contribution in [1.29, 1.82) is 0 Å². The molecule has 0 spiro atoms. The molecule has 4 atom stereocenters. The Hall–Kier alpha value is -1.05. The van der Waals surface area contributed by atoms with Crippen LogP contribution in [0.25, 0.3) is 0 Å². The van der Waals surface area contributed by atoms with E-state index in [-0.39, 0.29) is 11.3 Å². The summed E-state index contributed by atoms with van der Waals surface area (Å²) in [5, 5.41) is 11.8. The second kappa shape index (κ2) is 5.25. The fourth-order valence-electron chi connectivity index (χ4n) is 5.65. The summed E-state index contributed by atoms with van der Waals surface area (Å²) < 4.78 is 0. The van der Waals surface area contributed by atoms with E-state index in [1.807, 2.05) is 6.92 Å². The summed E-state index contributed by atoms with van der Waals surface area (Å²) >= 11 is 0. The van der Waals surface area contributed by atoms with Gasteiger partial charge in [-0.1, -0.05) is 51.8 Å². The number of carboxylic acids is 1. The maximum atomic E-state index is 11.8. The van der Waals surface area contributed by atoms with Gasteiger partial charge in [-0.2, -0.15) is 0 Å². The third kappa shape index (κ3) is 2.18. The second-order valence-corrected chi connectivity index (χ2v) is 8.52. The molecule has 0 aromatic rings. The Labute approximate surface area is 134 Å². The SMILES string of the molecule is CC(C)C1=CC[C@@H]2C(=C1)CC[C@H]1[C@]2(C)CCC[C@@]1(C)C(=O)[O-]. The molecule has 0 heterocycles. The number of hydrogen-bond acceptors (Lipinski definition) is 2. The summed E-state index contributed by atoms with van der Waals surface area (Å²) in [6.45, 7) is 8.80. The lowest BCUT2D eigenvalue weighted by molar-refractivity contribution is -0.326. The van der Waals surface area contributed by atoms with E-state index in [1.54, 1.807) is 5.57 Å². The molecule has 0 saturated heterocycles. The maximum Gasteiger partial charge on any atom is 0.0476 e. The Morgan fingerprint density at radius 2 is 2.05 bits per heavy atom. The predicted molar refractivity (Wildman–Crippen MR) is 86.9 cm³/mol. The van der Waals surface area contributed by atoms with E-state index < -0.39 is 11.4 Å². The van der Waals surface area contributed by atoms with Gasteiger partial charge in [0, 0.05) is 11.4 Å². The van der Waals surface area contributed by atoms with Gasteiger partial charge in [-0.3, -0.25) is 0 Å². The van der Waals surface area contributed by atoms with Crippen molar-refractivity contribution in [3.8, 4) is 0 Å². The minimum Gasteiger partial charge on any atom is -0.550 e. The maximum absolute atomic E-state index is 11.8. The average Bonchev–Trinajstić information content (AvgIpc) is 2.46. The Balaban J connectivity index is 1.95. The van der Waals surface area contributed by atoms with Crippen LogP contribution in [0.4, 0.5) is 0 Å². The standard InChI is InChI=1S/C20H30O2/c1-13(2)14-6-8-16-15(12-14)7-9-17-19(16,3)10-5-11-20(17,4)18(21)22/h6,12-13,16-17H,5,7-11H2,1-4H3,(H,21,22)/p-1/t16-,17+,19-,20-/m1/s1. The third-order valence-electron chi connectivity index (χ3n) is 7.02. The first-order valence-corrected chi connectivity index (χ1v) is 8.91. The number of carboxylic acid groups (broad SMARTS) is 1. The highest BCUT2D eigenvalue weighted by molar-refractivity contribution is 5.73. The van der Waals surface area contributed by atoms with E-state index in [9.17, 15) is 9.90 Å². The van der Waals surface area contributed by atoms with E-state index in [2.05, 4.69) is 32.9 Å². The zero-order valence-corrected chi connectivity index (χ0v) is 14.4. The Bertz CT molecular complexity index is 542. The lowest BCUT2D eigenvalue weighted by Crippen LogP contribution is -2.56. The number of allylic oxidation sites excluding steroid dienone is 4. The van der Waals surface area contributed by atoms with Gasteiger partial charge < -0.3 is 9.90 Å². The number of rotatable bonds is 2. The summed E-state index contributed by atoms with van der Waals surface area (Å²) in [5.74, 6) is 0.548. The highest BCUT2D eigenvalue weighted by Gasteiger charge is 2.55. The first-order chi connectivity index (χ1) is 10.3. The molecule has 22 heavy (non-hydrogen) atoms. The first-order valence-electron chi connectivity index (χ1n) is 8.91. The summed E-state index contributed by atoms with van der Waals surface area (Å²) in [5.41, 5.74) is 2.52. The van der Waals surface area contributed by atoms with Crippen molar-refractivity contribution in [3.63, 3.8) is 0 Å². The molecule has 0 radical (unpaired) electrons. The molecule has 0 aromatic heterocycles. The van der Waals surface area contributed by atoms with E-state index in [1.165, 1.54) is 5.57 Å². The molecule has 0 unspecified atom stereocenters. The van der Waals surface area contributed by atoms with Crippen LogP contribution in [-0.4, -0.2) is 5.97 Å². The Morgan fingerprint density at radius 1 is 1.32 bits per heavy atom. The molecule has 0 aromatic carbocycles. The van der Waals surface area contributed by atoms with Crippen LogP contribution >= 0.6 is 0 Å². The van der Waals surface area contributed by atoms with Crippen molar-refractivity contribution in [3.05, 3.63) is 23.3 Å². The predicted octanol–water partition coefficient (Wildman–Crippen LogP) is 3.87. The zero-order chi connectivity index (χ0) is 16.1. The van der Waals surface area contributed by atoms with Crippen molar-refractivity contribution in [2.75, 3.05) is 0 Å². The number of carbonyl (C=O) groups is 1. The van der Waals surface area contributed by atoms with Gasteiger partial charge in [-0.15, -0.1) is 0 Å². The third-order valence-corrected chi connectivity index (χ3v) is 7.02. The Morgan fingerprint density at radius 3 is 2.68 bits per heavy atom.